The van der Waals surface area contributed by atoms with Gasteiger partial charge in [0.1, 0.15) is 15.5 Å². The van der Waals surface area contributed by atoms with Crippen molar-refractivity contribution in [3.63, 3.8) is 0 Å². The second kappa shape index (κ2) is 9.45. The number of carbonyl (C=O) groups is 3. The van der Waals surface area contributed by atoms with Crippen LogP contribution in [0.4, 0.5) is 16.2 Å². The minimum absolute atomic E-state index is 0.162. The first-order valence-electron chi connectivity index (χ1n) is 10.8. The van der Waals surface area contributed by atoms with Gasteiger partial charge in [-0.25, -0.2) is 14.7 Å². The van der Waals surface area contributed by atoms with E-state index in [4.69, 9.17) is 5.73 Å². The van der Waals surface area contributed by atoms with E-state index >= 15 is 0 Å². The lowest BCUT2D eigenvalue weighted by Gasteiger charge is -2.28. The summed E-state index contributed by atoms with van der Waals surface area (Å²) < 4.78 is 0. The molecule has 33 heavy (non-hydrogen) atoms. The molecular weight excluding hydrogens is 440 g/mol. The molecule has 4 amide bonds. The maximum absolute atomic E-state index is 13.2. The molecule has 172 valence electrons. The Hall–Kier alpha value is -3.66. The minimum atomic E-state index is -0.446. The zero-order chi connectivity index (χ0) is 23.5. The summed E-state index contributed by atoms with van der Waals surface area (Å²) >= 11 is 1.21. The van der Waals surface area contributed by atoms with E-state index in [0.29, 0.717) is 26.5 Å². The van der Waals surface area contributed by atoms with Crippen LogP contribution >= 0.6 is 11.3 Å². The van der Waals surface area contributed by atoms with E-state index in [0.717, 1.165) is 25.7 Å². The van der Waals surface area contributed by atoms with Gasteiger partial charge in [0.25, 0.3) is 5.91 Å². The summed E-state index contributed by atoms with van der Waals surface area (Å²) in [6.07, 6.45) is 11.5. The fraction of sp³-hybridized carbons (Fsp3) is 0.304. The number of nitrogens with zero attached hydrogens (tertiary/aromatic N) is 2. The Balaban J connectivity index is 1.65. The lowest BCUT2D eigenvalue weighted by atomic mass is 10.1. The van der Waals surface area contributed by atoms with E-state index in [1.807, 2.05) is 13.0 Å². The van der Waals surface area contributed by atoms with Gasteiger partial charge in [-0.1, -0.05) is 25.7 Å². The smallest absolute Gasteiger partial charge is 0.332 e. The van der Waals surface area contributed by atoms with Crippen molar-refractivity contribution in [2.45, 2.75) is 44.7 Å². The monoisotopic (exact) mass is 466 g/mol. The van der Waals surface area contributed by atoms with Gasteiger partial charge in [0.2, 0.25) is 5.91 Å². The Bertz CT molecular complexity index is 1180. The Kier molecular flexibility index (Phi) is 6.45. The lowest BCUT2D eigenvalue weighted by Crippen LogP contribution is -2.48. The van der Waals surface area contributed by atoms with Crippen molar-refractivity contribution >= 4 is 50.8 Å². The number of amides is 4. The molecule has 2 aromatic heterocycles. The maximum Gasteiger partial charge on any atom is 0.332 e. The normalized spacial score (nSPS) is 20.2. The van der Waals surface area contributed by atoms with E-state index < -0.39 is 6.03 Å². The van der Waals surface area contributed by atoms with Gasteiger partial charge in [0.05, 0.1) is 16.8 Å². The van der Waals surface area contributed by atoms with Crippen molar-refractivity contribution in [1.29, 1.82) is 0 Å². The summed E-state index contributed by atoms with van der Waals surface area (Å²) in [6, 6.07) is 0.898. The second-order valence-electron chi connectivity index (χ2n) is 7.84. The highest BCUT2D eigenvalue weighted by Gasteiger charge is 2.35. The van der Waals surface area contributed by atoms with Gasteiger partial charge in [0, 0.05) is 18.3 Å². The molecule has 2 unspecified atom stereocenters. The maximum atomic E-state index is 13.2. The van der Waals surface area contributed by atoms with Crippen molar-refractivity contribution in [1.82, 2.24) is 15.6 Å². The van der Waals surface area contributed by atoms with Gasteiger partial charge < -0.3 is 21.7 Å². The Labute approximate surface area is 195 Å². The van der Waals surface area contributed by atoms with Crippen molar-refractivity contribution in [2.75, 3.05) is 10.2 Å². The predicted octanol–water partition coefficient (Wildman–Crippen LogP) is 3.37. The van der Waals surface area contributed by atoms with E-state index in [1.165, 1.54) is 22.3 Å². The van der Waals surface area contributed by atoms with Crippen LogP contribution in [0.5, 0.6) is 0 Å². The summed E-state index contributed by atoms with van der Waals surface area (Å²) in [6.45, 7) is 5.48. The third kappa shape index (κ3) is 4.34. The number of anilines is 2. The molecule has 0 radical (unpaired) electrons. The molecule has 2 atom stereocenters. The summed E-state index contributed by atoms with van der Waals surface area (Å²) in [5.41, 5.74) is 7.19. The number of nitrogens with two attached hydrogens (primary N) is 1. The van der Waals surface area contributed by atoms with Gasteiger partial charge >= 0.3 is 6.03 Å². The minimum Gasteiger partial charge on any atom is -0.385 e. The van der Waals surface area contributed by atoms with Crippen LogP contribution < -0.4 is 26.6 Å². The molecule has 1 saturated carbocycles. The molecule has 1 aliphatic carbocycles. The second-order valence-corrected chi connectivity index (χ2v) is 8.84. The van der Waals surface area contributed by atoms with Gasteiger partial charge in [-0.3, -0.25) is 9.59 Å². The van der Waals surface area contributed by atoms with Crippen molar-refractivity contribution in [3.05, 3.63) is 53.8 Å². The van der Waals surface area contributed by atoms with Gasteiger partial charge in [-0.05, 0) is 43.9 Å². The number of carbonyl (C=O) groups excluding carboxylic acids is 3. The van der Waals surface area contributed by atoms with Crippen molar-refractivity contribution in [2.24, 2.45) is 5.73 Å². The molecule has 2 aromatic rings. The third-order valence-electron chi connectivity index (χ3n) is 5.69. The predicted molar refractivity (Wildman–Crippen MR) is 130 cm³/mol. The molecule has 5 N–H and O–H groups in total. The van der Waals surface area contributed by atoms with Crippen LogP contribution in [0.3, 0.4) is 0 Å². The number of urea groups is 1. The fourth-order valence-corrected chi connectivity index (χ4v) is 5.18. The van der Waals surface area contributed by atoms with E-state index in [1.54, 1.807) is 24.4 Å². The Morgan fingerprint density at radius 1 is 1.36 bits per heavy atom. The summed E-state index contributed by atoms with van der Waals surface area (Å²) in [5, 5.41) is 9.39. The number of hydrogen-bond acceptors (Lipinski definition) is 6. The van der Waals surface area contributed by atoms with Gasteiger partial charge in [0.15, 0.2) is 0 Å². The number of thiophene rings is 1. The number of aromatic nitrogens is 1. The zero-order valence-electron chi connectivity index (χ0n) is 18.3. The van der Waals surface area contributed by atoms with E-state index in [2.05, 4.69) is 27.5 Å². The zero-order valence-corrected chi connectivity index (χ0v) is 19.1. The molecule has 1 fully saturated rings. The highest BCUT2D eigenvalue weighted by Crippen LogP contribution is 2.44. The quantitative estimate of drug-likeness (QED) is 0.367. The molecule has 1 aliphatic heterocycles. The third-order valence-corrected chi connectivity index (χ3v) is 6.79. The average Bonchev–Trinajstić information content (AvgIpc) is 3.39. The Morgan fingerprint density at radius 3 is 2.85 bits per heavy atom. The molecule has 4 rings (SSSR count). The summed E-state index contributed by atoms with van der Waals surface area (Å²) in [7, 11) is 0. The molecule has 2 aliphatic rings. The van der Waals surface area contributed by atoms with E-state index in [9.17, 15) is 14.4 Å². The first-order valence-corrected chi connectivity index (χ1v) is 11.6. The standard InChI is InChI=1S/C23H26N6O3S/c1-3-5-6-10-16(24)29-15-11-12-25-22-18(15)19(28-23(29)32)20(33-22)21(31)27-14-9-7-8-13(14)26-17(30)4-2/h4-6,10-14H,2-3,7-9,24H2,1H3,(H,26,30)(H,27,31)(H,28,32)/b6-5-,16-10+. The van der Waals surface area contributed by atoms with Crippen LogP contribution in [0.25, 0.3) is 10.2 Å². The first kappa shape index (κ1) is 22.5. The highest BCUT2D eigenvalue weighted by molar-refractivity contribution is 7.21. The first-order chi connectivity index (χ1) is 15.9. The molecule has 0 spiro atoms. The van der Waals surface area contributed by atoms with Crippen LogP contribution in [-0.2, 0) is 4.79 Å². The van der Waals surface area contributed by atoms with Crippen LogP contribution in [0.15, 0.2) is 49.0 Å². The van der Waals surface area contributed by atoms with Gasteiger partial charge in [-0.2, -0.15) is 0 Å². The fourth-order valence-electron chi connectivity index (χ4n) is 4.16. The average molecular weight is 467 g/mol. The number of pyridine rings is 1. The van der Waals surface area contributed by atoms with Crippen molar-refractivity contribution < 1.29 is 14.4 Å². The molecule has 0 aromatic carbocycles. The molecule has 3 heterocycles. The number of nitrogens with one attached hydrogen (secondary N) is 3. The van der Waals surface area contributed by atoms with Crippen LogP contribution in [0.1, 0.15) is 42.3 Å². The molecule has 9 nitrogen and oxygen atoms in total. The number of hydrogen-bond donors (Lipinski definition) is 4. The van der Waals surface area contributed by atoms with E-state index in [-0.39, 0.29) is 29.7 Å². The summed E-state index contributed by atoms with van der Waals surface area (Å²) in [5.74, 6) is -0.315. The van der Waals surface area contributed by atoms with Crippen molar-refractivity contribution in [3.8, 4) is 0 Å². The molecule has 10 heteroatoms. The molecule has 0 bridgehead atoms. The highest BCUT2D eigenvalue weighted by atomic mass is 32.1. The van der Waals surface area contributed by atoms with Crippen LogP contribution in [0.2, 0.25) is 0 Å². The molecular formula is C23H26N6O3S. The number of rotatable bonds is 7. The lowest BCUT2D eigenvalue weighted by molar-refractivity contribution is -0.117. The summed E-state index contributed by atoms with van der Waals surface area (Å²) in [4.78, 5) is 44.7. The van der Waals surface area contributed by atoms with Crippen LogP contribution in [0, 0.1) is 0 Å². The van der Waals surface area contributed by atoms with Gasteiger partial charge in [-0.15, -0.1) is 11.3 Å². The Morgan fingerprint density at radius 2 is 2.12 bits per heavy atom. The SMILES string of the molecule is C=CC(=O)NC1CCCC1NC(=O)c1sc2nccc3c2c1NC(=O)N3/C(N)=C/C=C\CC. The number of allylic oxidation sites excluding steroid dienone is 3. The largest absolute Gasteiger partial charge is 0.385 e. The topological polar surface area (TPSA) is 129 Å². The van der Waals surface area contributed by atoms with Crippen LogP contribution in [-0.4, -0.2) is 34.9 Å². The molecule has 0 saturated heterocycles.